The Bertz CT molecular complexity index is 1280. The zero-order valence-corrected chi connectivity index (χ0v) is 24.6. The number of benzene rings is 2. The van der Waals surface area contributed by atoms with Gasteiger partial charge in [0.1, 0.15) is 11.4 Å². The molecular formula is C28H32BIN4O5. The molecule has 0 unspecified atom stereocenters. The van der Waals surface area contributed by atoms with Gasteiger partial charge in [0.15, 0.2) is 5.69 Å². The molecule has 3 heterocycles. The van der Waals surface area contributed by atoms with Crippen LogP contribution in [-0.2, 0) is 16.0 Å². The van der Waals surface area contributed by atoms with Crippen LogP contribution < -0.4 is 15.0 Å². The highest BCUT2D eigenvalue weighted by Crippen LogP contribution is 2.24. The number of carbonyl (C=O) groups excluding carboxylic acids is 3. The maximum absolute atomic E-state index is 12.2. The smallest absolute Gasteiger partial charge is 0.359 e. The maximum Gasteiger partial charge on any atom is 0.359 e. The number of nitrogens with zero attached hydrogens (tertiary/aromatic N) is 3. The van der Waals surface area contributed by atoms with Crippen molar-refractivity contribution in [3.63, 3.8) is 0 Å². The first-order valence-electron chi connectivity index (χ1n) is 12.8. The fourth-order valence-corrected chi connectivity index (χ4v) is 4.64. The first kappa shape index (κ1) is 30.2. The van der Waals surface area contributed by atoms with Gasteiger partial charge in [-0.2, -0.15) is 5.10 Å². The highest BCUT2D eigenvalue weighted by molar-refractivity contribution is 14.1. The molecule has 2 aromatic carbocycles. The lowest BCUT2D eigenvalue weighted by molar-refractivity contribution is -0.119. The molecule has 1 N–H and O–H groups in total. The summed E-state index contributed by atoms with van der Waals surface area (Å²) in [5, 5.41) is 7.11. The Labute approximate surface area is 243 Å². The molecule has 11 heteroatoms. The standard InChI is InChI=1S/C16H17N3O4.C11H12INO.CH3B/c1-3-23-16(21)13-12-8-9-17-15(20)14(12)19(18-13)10-4-6-11(22-2)7-5-10;12-9-4-6-10(7-5-9)13-8-2-1-3-11(13)14;1-2/h4-7H,3,8-9H2,1-2H3,(H,17,20);4-7H,1-3,8H2;1H3. The molecule has 0 atom stereocenters. The number of fused-ring (bicyclic) bond motifs is 1. The molecule has 1 fully saturated rings. The van der Waals surface area contributed by atoms with Crippen LogP contribution in [0, 0.1) is 3.57 Å². The highest BCUT2D eigenvalue weighted by atomic mass is 127. The second-order valence-corrected chi connectivity index (χ2v) is 9.74. The summed E-state index contributed by atoms with van der Waals surface area (Å²) in [6.07, 6.45) is 3.41. The van der Waals surface area contributed by atoms with Crippen LogP contribution in [0.4, 0.5) is 5.69 Å². The van der Waals surface area contributed by atoms with Gasteiger partial charge in [-0.1, -0.05) is 6.82 Å². The number of anilines is 1. The normalized spacial score (nSPS) is 14.1. The lowest BCUT2D eigenvalue weighted by Crippen LogP contribution is -2.35. The number of halogens is 1. The van der Waals surface area contributed by atoms with Gasteiger partial charge < -0.3 is 19.7 Å². The van der Waals surface area contributed by atoms with E-state index in [1.165, 1.54) is 15.1 Å². The van der Waals surface area contributed by atoms with E-state index in [4.69, 9.17) is 9.47 Å². The van der Waals surface area contributed by atoms with Crippen molar-refractivity contribution in [1.29, 1.82) is 0 Å². The summed E-state index contributed by atoms with van der Waals surface area (Å²) in [5.74, 6) is 0.207. The molecule has 39 heavy (non-hydrogen) atoms. The van der Waals surface area contributed by atoms with E-state index < -0.39 is 5.97 Å². The topological polar surface area (TPSA) is 103 Å². The number of methoxy groups -OCH3 is 1. The number of amides is 2. The fourth-order valence-electron chi connectivity index (χ4n) is 4.28. The molecule has 0 aliphatic carbocycles. The van der Waals surface area contributed by atoms with E-state index in [1.54, 1.807) is 38.3 Å². The van der Waals surface area contributed by atoms with Gasteiger partial charge in [-0.3, -0.25) is 9.59 Å². The molecule has 2 radical (unpaired) electrons. The van der Waals surface area contributed by atoms with Crippen molar-refractivity contribution >= 4 is 53.9 Å². The molecule has 0 spiro atoms. The van der Waals surface area contributed by atoms with Crippen molar-refractivity contribution < 1.29 is 23.9 Å². The van der Waals surface area contributed by atoms with E-state index in [9.17, 15) is 14.4 Å². The number of ether oxygens (including phenoxy) is 2. The monoisotopic (exact) mass is 642 g/mol. The number of esters is 1. The van der Waals surface area contributed by atoms with Gasteiger partial charge in [0, 0.05) is 34.3 Å². The molecule has 3 aromatic rings. The van der Waals surface area contributed by atoms with Crippen LogP contribution in [-0.4, -0.2) is 62.2 Å². The fraction of sp³-hybridized carbons (Fsp3) is 0.357. The number of nitrogens with one attached hydrogen (secondary N) is 1. The second-order valence-electron chi connectivity index (χ2n) is 8.49. The van der Waals surface area contributed by atoms with Gasteiger partial charge in [-0.15, -0.1) is 0 Å². The van der Waals surface area contributed by atoms with E-state index in [-0.39, 0.29) is 24.1 Å². The quantitative estimate of drug-likeness (QED) is 0.252. The van der Waals surface area contributed by atoms with Gasteiger partial charge >= 0.3 is 5.97 Å². The van der Waals surface area contributed by atoms with Crippen molar-refractivity contribution in [3.05, 3.63) is 69.1 Å². The molecule has 2 amide bonds. The van der Waals surface area contributed by atoms with E-state index in [2.05, 4.69) is 40.9 Å². The molecular weight excluding hydrogens is 610 g/mol. The zero-order valence-electron chi connectivity index (χ0n) is 22.4. The Balaban J connectivity index is 0.000000224. The summed E-state index contributed by atoms with van der Waals surface area (Å²) < 4.78 is 12.9. The van der Waals surface area contributed by atoms with Crippen LogP contribution in [0.5, 0.6) is 5.75 Å². The van der Waals surface area contributed by atoms with Gasteiger partial charge in [0.25, 0.3) is 5.91 Å². The first-order chi connectivity index (χ1) is 18.9. The Hall–Kier alpha value is -3.35. The van der Waals surface area contributed by atoms with Crippen LogP contribution in [0.25, 0.3) is 5.69 Å². The molecule has 0 bridgehead atoms. The number of hydrogen-bond acceptors (Lipinski definition) is 6. The van der Waals surface area contributed by atoms with Crippen molar-refractivity contribution in [2.24, 2.45) is 0 Å². The number of aromatic nitrogens is 2. The third-order valence-corrected chi connectivity index (χ3v) is 6.83. The molecule has 204 valence electrons. The third kappa shape index (κ3) is 7.40. The summed E-state index contributed by atoms with van der Waals surface area (Å²) in [5.41, 5.74) is 2.92. The summed E-state index contributed by atoms with van der Waals surface area (Å²) in [4.78, 5) is 37.9. The van der Waals surface area contributed by atoms with Gasteiger partial charge in [-0.25, -0.2) is 9.48 Å². The SMILES string of the molecule is CCOC(=O)c1nn(-c2ccc(OC)cc2)c2c1CCNC2=O.O=C1CCCCN1c1ccc(I)cc1.[B]C. The average molecular weight is 642 g/mol. The van der Waals surface area contributed by atoms with E-state index in [1.807, 2.05) is 29.2 Å². The predicted octanol–water partition coefficient (Wildman–Crippen LogP) is 4.35. The minimum Gasteiger partial charge on any atom is -0.497 e. The van der Waals surface area contributed by atoms with Gasteiger partial charge in [0.05, 0.1) is 27.3 Å². The van der Waals surface area contributed by atoms with Crippen molar-refractivity contribution in [2.75, 3.05) is 31.7 Å². The lowest BCUT2D eigenvalue weighted by atomic mass is 10.1. The first-order valence-corrected chi connectivity index (χ1v) is 13.9. The molecule has 1 saturated heterocycles. The summed E-state index contributed by atoms with van der Waals surface area (Å²) in [6, 6.07) is 15.2. The maximum atomic E-state index is 12.2. The minimum atomic E-state index is -0.509. The molecule has 5 rings (SSSR count). The van der Waals surface area contributed by atoms with Gasteiger partial charge in [-0.05, 0) is 97.3 Å². The number of rotatable bonds is 5. The zero-order chi connectivity index (χ0) is 28.4. The molecule has 2 aliphatic rings. The Kier molecular flexibility index (Phi) is 11.4. The molecule has 2 aliphatic heterocycles. The lowest BCUT2D eigenvalue weighted by Gasteiger charge is -2.26. The Morgan fingerprint density at radius 3 is 2.31 bits per heavy atom. The van der Waals surface area contributed by atoms with E-state index in [0.717, 1.165) is 25.1 Å². The number of hydrogen-bond donors (Lipinski definition) is 1. The molecule has 9 nitrogen and oxygen atoms in total. The summed E-state index contributed by atoms with van der Waals surface area (Å²) >= 11 is 2.27. The second kappa shape index (κ2) is 14.7. The van der Waals surface area contributed by atoms with Crippen LogP contribution in [0.15, 0.2) is 48.5 Å². The van der Waals surface area contributed by atoms with Crippen LogP contribution >= 0.6 is 22.6 Å². The van der Waals surface area contributed by atoms with Crippen molar-refractivity contribution in [2.45, 2.75) is 39.4 Å². The van der Waals surface area contributed by atoms with Gasteiger partial charge in [0.2, 0.25) is 5.91 Å². The highest BCUT2D eigenvalue weighted by Gasteiger charge is 2.31. The summed E-state index contributed by atoms with van der Waals surface area (Å²) in [6.45, 7) is 4.85. The largest absolute Gasteiger partial charge is 0.497 e. The Morgan fingerprint density at radius 1 is 1.03 bits per heavy atom. The molecule has 0 saturated carbocycles. The van der Waals surface area contributed by atoms with Crippen molar-refractivity contribution in [1.82, 2.24) is 15.1 Å². The van der Waals surface area contributed by atoms with Crippen LogP contribution in [0.2, 0.25) is 6.82 Å². The molecule has 1 aromatic heterocycles. The number of carbonyl (C=O) groups is 3. The van der Waals surface area contributed by atoms with E-state index in [0.29, 0.717) is 42.1 Å². The minimum absolute atomic E-state index is 0.201. The van der Waals surface area contributed by atoms with E-state index >= 15 is 0 Å². The summed E-state index contributed by atoms with van der Waals surface area (Å²) in [7, 11) is 6.08. The average Bonchev–Trinajstić information content (AvgIpc) is 3.37. The predicted molar refractivity (Wildman–Crippen MR) is 159 cm³/mol. The van der Waals surface area contributed by atoms with Crippen LogP contribution in [0.1, 0.15) is 52.7 Å². The van der Waals surface area contributed by atoms with Crippen LogP contribution in [0.3, 0.4) is 0 Å². The third-order valence-electron chi connectivity index (χ3n) is 6.11. The number of piperidine rings is 1. The van der Waals surface area contributed by atoms with Crippen molar-refractivity contribution in [3.8, 4) is 11.4 Å². The Morgan fingerprint density at radius 2 is 1.69 bits per heavy atom.